The van der Waals surface area contributed by atoms with Crippen molar-refractivity contribution >= 4 is 40.0 Å². The van der Waals surface area contributed by atoms with Crippen LogP contribution < -0.4 is 10.6 Å². The van der Waals surface area contributed by atoms with Gasteiger partial charge in [0.05, 0.1) is 5.02 Å². The minimum Gasteiger partial charge on any atom is -0.361 e. The van der Waals surface area contributed by atoms with Crippen molar-refractivity contribution in [1.29, 1.82) is 0 Å². The average Bonchev–Trinajstić information content (AvgIpc) is 3.41. The van der Waals surface area contributed by atoms with Crippen LogP contribution in [-0.4, -0.2) is 23.3 Å². The number of hydrogen-bond donors (Lipinski definition) is 3. The number of carbonyl (C=O) groups excluding carboxylic acids is 2. The smallest absolute Gasteiger partial charge is 0.240 e. The molecule has 0 aliphatic heterocycles. The standard InChI is InChI=1S/C21H19ClFN3O2/c22-16-11-14(5-6-17(16)23)26-20(28)21(8-9-21)19(27)24-10-7-13-12-25-18-4-2-1-3-15(13)18/h1-6,11-12,25H,7-10H2,(H,24,27)(H,26,28). The lowest BCUT2D eigenvalue weighted by Crippen LogP contribution is -2.40. The highest BCUT2D eigenvalue weighted by molar-refractivity contribution is 6.31. The molecule has 3 N–H and O–H groups in total. The van der Waals surface area contributed by atoms with Gasteiger partial charge < -0.3 is 15.6 Å². The Bertz CT molecular complexity index is 1060. The Labute approximate surface area is 166 Å². The number of H-pyrrole nitrogens is 1. The first-order valence-corrected chi connectivity index (χ1v) is 9.47. The van der Waals surface area contributed by atoms with Crippen molar-refractivity contribution in [2.24, 2.45) is 5.41 Å². The number of aromatic amines is 1. The number of amides is 2. The number of nitrogens with one attached hydrogen (secondary N) is 3. The molecule has 3 aromatic rings. The number of carbonyl (C=O) groups is 2. The van der Waals surface area contributed by atoms with Gasteiger partial charge in [-0.1, -0.05) is 29.8 Å². The van der Waals surface area contributed by atoms with Crippen LogP contribution in [0.3, 0.4) is 0 Å². The zero-order valence-corrected chi connectivity index (χ0v) is 15.8. The molecule has 0 radical (unpaired) electrons. The summed E-state index contributed by atoms with van der Waals surface area (Å²) in [6.07, 6.45) is 3.59. The Balaban J connectivity index is 1.36. The van der Waals surface area contributed by atoms with Crippen molar-refractivity contribution in [2.75, 3.05) is 11.9 Å². The number of fused-ring (bicyclic) bond motifs is 1. The summed E-state index contributed by atoms with van der Waals surface area (Å²) in [6, 6.07) is 11.9. The molecule has 0 saturated heterocycles. The van der Waals surface area contributed by atoms with Gasteiger partial charge in [0.1, 0.15) is 11.2 Å². The first-order valence-electron chi connectivity index (χ1n) is 9.09. The van der Waals surface area contributed by atoms with Crippen molar-refractivity contribution in [3.63, 3.8) is 0 Å². The molecule has 4 rings (SSSR count). The Morgan fingerprint density at radius 1 is 1.14 bits per heavy atom. The summed E-state index contributed by atoms with van der Waals surface area (Å²) in [5, 5.41) is 6.59. The van der Waals surface area contributed by atoms with Crippen LogP contribution in [0.4, 0.5) is 10.1 Å². The molecule has 0 atom stereocenters. The van der Waals surface area contributed by atoms with E-state index in [4.69, 9.17) is 11.6 Å². The summed E-state index contributed by atoms with van der Waals surface area (Å²) >= 11 is 5.74. The highest BCUT2D eigenvalue weighted by atomic mass is 35.5. The first kappa shape index (κ1) is 18.5. The van der Waals surface area contributed by atoms with E-state index in [9.17, 15) is 14.0 Å². The number of rotatable bonds is 6. The fraction of sp³-hybridized carbons (Fsp3) is 0.238. The minimum atomic E-state index is -1.05. The number of anilines is 1. The molecule has 28 heavy (non-hydrogen) atoms. The van der Waals surface area contributed by atoms with E-state index in [0.717, 1.165) is 16.5 Å². The first-order chi connectivity index (χ1) is 13.5. The number of hydrogen-bond acceptors (Lipinski definition) is 2. The van der Waals surface area contributed by atoms with E-state index in [0.29, 0.717) is 31.5 Å². The predicted molar refractivity (Wildman–Crippen MR) is 107 cm³/mol. The van der Waals surface area contributed by atoms with E-state index in [-0.39, 0.29) is 16.8 Å². The summed E-state index contributed by atoms with van der Waals surface area (Å²) < 4.78 is 13.3. The normalized spacial score (nSPS) is 14.6. The largest absolute Gasteiger partial charge is 0.361 e. The van der Waals surface area contributed by atoms with Crippen molar-refractivity contribution in [3.8, 4) is 0 Å². The van der Waals surface area contributed by atoms with Crippen LogP contribution in [-0.2, 0) is 16.0 Å². The van der Waals surface area contributed by atoms with Crippen molar-refractivity contribution in [2.45, 2.75) is 19.3 Å². The second kappa shape index (κ2) is 7.28. The Hall–Kier alpha value is -2.86. The van der Waals surface area contributed by atoms with Gasteiger partial charge in [0.2, 0.25) is 11.8 Å². The molecule has 2 aromatic carbocycles. The zero-order chi connectivity index (χ0) is 19.7. The molecule has 7 heteroatoms. The monoisotopic (exact) mass is 399 g/mol. The molecule has 1 heterocycles. The molecule has 0 spiro atoms. The summed E-state index contributed by atoms with van der Waals surface area (Å²) in [5.41, 5.74) is 1.49. The van der Waals surface area contributed by atoms with Crippen molar-refractivity contribution in [1.82, 2.24) is 10.3 Å². The second-order valence-electron chi connectivity index (χ2n) is 7.03. The molecule has 1 aliphatic rings. The van der Waals surface area contributed by atoms with Gasteiger partial charge in [-0.25, -0.2) is 4.39 Å². The minimum absolute atomic E-state index is 0.0779. The molecule has 1 aromatic heterocycles. The maximum Gasteiger partial charge on any atom is 0.240 e. The van der Waals surface area contributed by atoms with Crippen LogP contribution in [0.25, 0.3) is 10.9 Å². The van der Waals surface area contributed by atoms with Gasteiger partial charge >= 0.3 is 0 Å². The molecular formula is C21H19ClFN3O2. The molecule has 5 nitrogen and oxygen atoms in total. The average molecular weight is 400 g/mol. The van der Waals surface area contributed by atoms with Gasteiger partial charge in [-0.15, -0.1) is 0 Å². The lowest BCUT2D eigenvalue weighted by atomic mass is 10.0. The topological polar surface area (TPSA) is 74.0 Å². The van der Waals surface area contributed by atoms with Crippen LogP contribution in [0.1, 0.15) is 18.4 Å². The molecule has 0 unspecified atom stereocenters. The molecule has 1 fully saturated rings. The molecule has 1 aliphatic carbocycles. The molecular weight excluding hydrogens is 381 g/mol. The number of halogens is 2. The summed E-state index contributed by atoms with van der Waals surface area (Å²) in [6.45, 7) is 0.443. The maximum absolute atomic E-state index is 13.3. The fourth-order valence-corrected chi connectivity index (χ4v) is 3.51. The predicted octanol–water partition coefficient (Wildman–Crippen LogP) is 4.04. The van der Waals surface area contributed by atoms with E-state index in [1.54, 1.807) is 0 Å². The van der Waals surface area contributed by atoms with Gasteiger partial charge in [0.15, 0.2) is 0 Å². The highest BCUT2D eigenvalue weighted by Crippen LogP contribution is 2.47. The van der Waals surface area contributed by atoms with E-state index in [1.165, 1.54) is 18.2 Å². The number of benzene rings is 2. The molecule has 0 bridgehead atoms. The van der Waals surface area contributed by atoms with Crippen LogP contribution in [0.2, 0.25) is 5.02 Å². The van der Waals surface area contributed by atoms with Crippen molar-refractivity contribution < 1.29 is 14.0 Å². The van der Waals surface area contributed by atoms with Crippen LogP contribution >= 0.6 is 11.6 Å². The molecule has 1 saturated carbocycles. The van der Waals surface area contributed by atoms with Gasteiger partial charge in [-0.3, -0.25) is 9.59 Å². The third-order valence-electron chi connectivity index (χ3n) is 5.15. The second-order valence-corrected chi connectivity index (χ2v) is 7.44. The summed E-state index contributed by atoms with van der Waals surface area (Å²) in [5.74, 6) is -1.23. The van der Waals surface area contributed by atoms with Gasteiger partial charge in [0.25, 0.3) is 0 Å². The number of para-hydroxylation sites is 1. The Kier molecular flexibility index (Phi) is 4.81. The number of aromatic nitrogens is 1. The quantitative estimate of drug-likeness (QED) is 0.547. The SMILES string of the molecule is O=C(NCCc1c[nH]c2ccccc12)C1(C(=O)Nc2ccc(F)c(Cl)c2)CC1. The van der Waals surface area contributed by atoms with E-state index >= 15 is 0 Å². The fourth-order valence-electron chi connectivity index (χ4n) is 3.33. The third kappa shape index (κ3) is 3.47. The zero-order valence-electron chi connectivity index (χ0n) is 15.0. The third-order valence-corrected chi connectivity index (χ3v) is 5.44. The van der Waals surface area contributed by atoms with Gasteiger partial charge in [-0.05, 0) is 49.1 Å². The Morgan fingerprint density at radius 2 is 1.93 bits per heavy atom. The van der Waals surface area contributed by atoms with Crippen LogP contribution in [0, 0.1) is 11.2 Å². The van der Waals surface area contributed by atoms with Crippen molar-refractivity contribution in [3.05, 3.63) is 65.1 Å². The van der Waals surface area contributed by atoms with E-state index in [1.807, 2.05) is 30.5 Å². The lowest BCUT2D eigenvalue weighted by Gasteiger charge is -2.15. The van der Waals surface area contributed by atoms with E-state index < -0.39 is 11.2 Å². The molecule has 2 amide bonds. The summed E-state index contributed by atoms with van der Waals surface area (Å²) in [4.78, 5) is 28.4. The highest BCUT2D eigenvalue weighted by Gasteiger charge is 2.56. The van der Waals surface area contributed by atoms with Crippen LogP contribution in [0.5, 0.6) is 0 Å². The van der Waals surface area contributed by atoms with Gasteiger partial charge in [-0.2, -0.15) is 0 Å². The van der Waals surface area contributed by atoms with E-state index in [2.05, 4.69) is 15.6 Å². The Morgan fingerprint density at radius 3 is 2.68 bits per heavy atom. The molecule has 144 valence electrons. The summed E-state index contributed by atoms with van der Waals surface area (Å²) in [7, 11) is 0. The van der Waals surface area contributed by atoms with Crippen LogP contribution in [0.15, 0.2) is 48.7 Å². The van der Waals surface area contributed by atoms with Gasteiger partial charge in [0, 0.05) is 29.3 Å². The lowest BCUT2D eigenvalue weighted by molar-refractivity contribution is -0.134. The maximum atomic E-state index is 13.3.